The molecule has 0 aliphatic heterocycles. The standard InChI is InChI=1S/C14H14N2O4/c1-10(13-7-4-8-20-13)15(2)14(17)11-5-3-6-12(9-11)16(18)19/h3-10H,1-2H3. The molecule has 1 unspecified atom stereocenters. The number of furan rings is 1. The Morgan fingerprint density at radius 1 is 1.35 bits per heavy atom. The number of nitro groups is 1. The summed E-state index contributed by atoms with van der Waals surface area (Å²) in [5.74, 6) is 0.365. The van der Waals surface area contributed by atoms with Crippen LogP contribution < -0.4 is 0 Å². The van der Waals surface area contributed by atoms with Crippen LogP contribution >= 0.6 is 0 Å². The Balaban J connectivity index is 2.22. The monoisotopic (exact) mass is 274 g/mol. The molecule has 1 heterocycles. The van der Waals surface area contributed by atoms with E-state index < -0.39 is 4.92 Å². The van der Waals surface area contributed by atoms with Crippen LogP contribution in [0.4, 0.5) is 5.69 Å². The summed E-state index contributed by atoms with van der Waals surface area (Å²) in [4.78, 5) is 24.0. The van der Waals surface area contributed by atoms with Crippen molar-refractivity contribution in [1.29, 1.82) is 0 Å². The van der Waals surface area contributed by atoms with Crippen molar-refractivity contribution in [3.05, 3.63) is 64.1 Å². The van der Waals surface area contributed by atoms with Gasteiger partial charge >= 0.3 is 0 Å². The molecule has 1 aromatic carbocycles. The van der Waals surface area contributed by atoms with E-state index in [1.54, 1.807) is 25.2 Å². The highest BCUT2D eigenvalue weighted by Crippen LogP contribution is 2.22. The molecule has 1 aromatic heterocycles. The minimum Gasteiger partial charge on any atom is -0.467 e. The smallest absolute Gasteiger partial charge is 0.270 e. The predicted octanol–water partition coefficient (Wildman–Crippen LogP) is 3.02. The molecular formula is C14H14N2O4. The third kappa shape index (κ3) is 2.69. The van der Waals surface area contributed by atoms with Crippen molar-refractivity contribution in [1.82, 2.24) is 4.90 Å². The van der Waals surface area contributed by atoms with E-state index in [0.29, 0.717) is 5.76 Å². The lowest BCUT2D eigenvalue weighted by Crippen LogP contribution is -2.29. The molecule has 0 aliphatic rings. The molecule has 20 heavy (non-hydrogen) atoms. The number of carbonyl (C=O) groups is 1. The van der Waals surface area contributed by atoms with Crippen LogP contribution in [0.25, 0.3) is 0 Å². The molecule has 104 valence electrons. The van der Waals surface area contributed by atoms with Crippen LogP contribution in [0.15, 0.2) is 47.1 Å². The number of rotatable bonds is 4. The fourth-order valence-electron chi connectivity index (χ4n) is 1.85. The van der Waals surface area contributed by atoms with E-state index in [4.69, 9.17) is 4.42 Å². The van der Waals surface area contributed by atoms with Crippen LogP contribution in [0.2, 0.25) is 0 Å². The number of nitro benzene ring substituents is 1. The molecule has 0 spiro atoms. The van der Waals surface area contributed by atoms with E-state index in [2.05, 4.69) is 0 Å². The Morgan fingerprint density at radius 2 is 2.10 bits per heavy atom. The minimum absolute atomic E-state index is 0.102. The van der Waals surface area contributed by atoms with E-state index >= 15 is 0 Å². The third-order valence-corrected chi connectivity index (χ3v) is 3.16. The van der Waals surface area contributed by atoms with Crippen molar-refractivity contribution >= 4 is 11.6 Å². The summed E-state index contributed by atoms with van der Waals surface area (Å²) in [5.41, 5.74) is 0.176. The number of nitrogens with zero attached hydrogens (tertiary/aromatic N) is 2. The Hall–Kier alpha value is -2.63. The lowest BCUT2D eigenvalue weighted by Gasteiger charge is -2.23. The van der Waals surface area contributed by atoms with Gasteiger partial charge in [0.15, 0.2) is 0 Å². The first kappa shape index (κ1) is 13.8. The second-order valence-corrected chi connectivity index (χ2v) is 4.41. The van der Waals surface area contributed by atoms with Crippen molar-refractivity contribution in [2.75, 3.05) is 7.05 Å². The lowest BCUT2D eigenvalue weighted by molar-refractivity contribution is -0.384. The summed E-state index contributed by atoms with van der Waals surface area (Å²) in [7, 11) is 1.63. The predicted molar refractivity (Wildman–Crippen MR) is 72.3 cm³/mol. The van der Waals surface area contributed by atoms with Gasteiger partial charge < -0.3 is 9.32 Å². The second-order valence-electron chi connectivity index (χ2n) is 4.41. The lowest BCUT2D eigenvalue weighted by atomic mass is 10.1. The molecule has 0 bridgehead atoms. The topological polar surface area (TPSA) is 76.6 Å². The van der Waals surface area contributed by atoms with Gasteiger partial charge in [-0.25, -0.2) is 0 Å². The van der Waals surface area contributed by atoms with Crippen LogP contribution in [0.1, 0.15) is 29.1 Å². The quantitative estimate of drug-likeness (QED) is 0.634. The minimum atomic E-state index is -0.521. The maximum Gasteiger partial charge on any atom is 0.270 e. The molecular weight excluding hydrogens is 260 g/mol. The van der Waals surface area contributed by atoms with Crippen LogP contribution in [0.3, 0.4) is 0 Å². The molecule has 0 aliphatic carbocycles. The van der Waals surface area contributed by atoms with Gasteiger partial charge in [-0.3, -0.25) is 14.9 Å². The van der Waals surface area contributed by atoms with E-state index in [1.807, 2.05) is 6.92 Å². The number of hydrogen-bond donors (Lipinski definition) is 0. The molecule has 1 atom stereocenters. The molecule has 0 N–H and O–H groups in total. The van der Waals surface area contributed by atoms with Crippen LogP contribution in [0, 0.1) is 10.1 Å². The second kappa shape index (κ2) is 5.56. The summed E-state index contributed by atoms with van der Waals surface area (Å²) in [6, 6.07) is 8.95. The maximum absolute atomic E-state index is 12.3. The van der Waals surface area contributed by atoms with Gasteiger partial charge in [0.2, 0.25) is 0 Å². The Bertz CT molecular complexity index is 622. The number of carbonyl (C=O) groups excluding carboxylic acids is 1. The van der Waals surface area contributed by atoms with E-state index in [1.165, 1.54) is 29.4 Å². The molecule has 0 fully saturated rings. The molecule has 6 nitrogen and oxygen atoms in total. The van der Waals surface area contributed by atoms with Gasteiger partial charge in [-0.1, -0.05) is 6.07 Å². The third-order valence-electron chi connectivity index (χ3n) is 3.16. The maximum atomic E-state index is 12.3. The molecule has 2 aromatic rings. The molecule has 0 radical (unpaired) electrons. The number of benzene rings is 1. The van der Waals surface area contributed by atoms with Crippen molar-refractivity contribution in [3.8, 4) is 0 Å². The Labute approximate surface area is 115 Å². The highest BCUT2D eigenvalue weighted by Gasteiger charge is 2.21. The van der Waals surface area contributed by atoms with E-state index in [-0.39, 0.29) is 23.2 Å². The zero-order chi connectivity index (χ0) is 14.7. The average Bonchev–Trinajstić information content (AvgIpc) is 2.99. The molecule has 2 rings (SSSR count). The van der Waals surface area contributed by atoms with Crippen LogP contribution in [-0.2, 0) is 0 Å². The first-order chi connectivity index (χ1) is 9.50. The van der Waals surface area contributed by atoms with Gasteiger partial charge in [0.05, 0.1) is 17.2 Å². The fraction of sp³-hybridized carbons (Fsp3) is 0.214. The zero-order valence-corrected chi connectivity index (χ0v) is 11.1. The van der Waals surface area contributed by atoms with E-state index in [9.17, 15) is 14.9 Å². The summed E-state index contributed by atoms with van der Waals surface area (Å²) >= 11 is 0. The SMILES string of the molecule is CC(c1ccco1)N(C)C(=O)c1cccc([N+](=O)[O-])c1. The van der Waals surface area contributed by atoms with Gasteiger partial charge in [0.1, 0.15) is 5.76 Å². The van der Waals surface area contributed by atoms with Crippen LogP contribution in [0.5, 0.6) is 0 Å². The zero-order valence-electron chi connectivity index (χ0n) is 11.1. The number of hydrogen-bond acceptors (Lipinski definition) is 4. The van der Waals surface area contributed by atoms with Gasteiger partial charge in [0, 0.05) is 24.7 Å². The number of amides is 1. The van der Waals surface area contributed by atoms with Crippen molar-refractivity contribution in [2.45, 2.75) is 13.0 Å². The molecule has 1 amide bonds. The molecule has 0 saturated heterocycles. The first-order valence-corrected chi connectivity index (χ1v) is 6.05. The van der Waals surface area contributed by atoms with Gasteiger partial charge in [-0.2, -0.15) is 0 Å². The van der Waals surface area contributed by atoms with E-state index in [0.717, 1.165) is 0 Å². The summed E-state index contributed by atoms with van der Waals surface area (Å²) in [6.07, 6.45) is 1.54. The van der Waals surface area contributed by atoms with Crippen molar-refractivity contribution in [3.63, 3.8) is 0 Å². The Morgan fingerprint density at radius 3 is 2.70 bits per heavy atom. The molecule has 6 heteroatoms. The first-order valence-electron chi connectivity index (χ1n) is 6.05. The fourth-order valence-corrected chi connectivity index (χ4v) is 1.85. The van der Waals surface area contributed by atoms with Gasteiger partial charge in [-0.15, -0.1) is 0 Å². The normalized spacial score (nSPS) is 11.9. The van der Waals surface area contributed by atoms with Crippen molar-refractivity contribution in [2.24, 2.45) is 0 Å². The summed E-state index contributed by atoms with van der Waals surface area (Å²) in [6.45, 7) is 1.83. The largest absolute Gasteiger partial charge is 0.467 e. The molecule has 0 saturated carbocycles. The Kier molecular flexibility index (Phi) is 3.84. The van der Waals surface area contributed by atoms with Gasteiger partial charge in [-0.05, 0) is 25.1 Å². The van der Waals surface area contributed by atoms with Crippen molar-refractivity contribution < 1.29 is 14.1 Å². The van der Waals surface area contributed by atoms with Gasteiger partial charge in [0.25, 0.3) is 11.6 Å². The highest BCUT2D eigenvalue weighted by molar-refractivity contribution is 5.94. The summed E-state index contributed by atoms with van der Waals surface area (Å²) in [5, 5.41) is 10.7. The average molecular weight is 274 g/mol. The van der Waals surface area contributed by atoms with Crippen LogP contribution in [-0.4, -0.2) is 22.8 Å². The summed E-state index contributed by atoms with van der Waals surface area (Å²) < 4.78 is 5.26. The highest BCUT2D eigenvalue weighted by atomic mass is 16.6. The number of non-ortho nitro benzene ring substituents is 1.